The predicted molar refractivity (Wildman–Crippen MR) is 86.6 cm³/mol. The highest BCUT2D eigenvalue weighted by Crippen LogP contribution is 2.20. The van der Waals surface area contributed by atoms with Gasteiger partial charge < -0.3 is 10.1 Å². The van der Waals surface area contributed by atoms with E-state index in [9.17, 15) is 0 Å². The summed E-state index contributed by atoms with van der Waals surface area (Å²) in [5.74, 6) is 0.936. The van der Waals surface area contributed by atoms with Crippen LogP contribution in [0.1, 0.15) is 35.1 Å². The molecule has 0 aromatic heterocycles. The Morgan fingerprint density at radius 1 is 1.05 bits per heavy atom. The molecule has 2 aromatic carbocycles. The molecular weight excluding hydrogens is 258 g/mol. The highest BCUT2D eigenvalue weighted by atomic mass is 16.5. The van der Waals surface area contributed by atoms with Crippen LogP contribution in [-0.4, -0.2) is 6.04 Å². The molecule has 3 rings (SSSR count). The number of hydrogen-bond acceptors (Lipinski definition) is 2. The van der Waals surface area contributed by atoms with Crippen LogP contribution in [0.15, 0.2) is 42.5 Å². The summed E-state index contributed by atoms with van der Waals surface area (Å²) in [6.07, 6.45) is 2.66. The number of nitrogens with one attached hydrogen (secondary N) is 1. The Kier molecular flexibility index (Phi) is 4.26. The molecule has 0 saturated heterocycles. The molecule has 110 valence electrons. The predicted octanol–water partition coefficient (Wildman–Crippen LogP) is 4.13. The number of rotatable bonds is 6. The second-order valence-electron chi connectivity index (χ2n) is 6.02. The van der Waals surface area contributed by atoms with Crippen molar-refractivity contribution in [3.05, 3.63) is 64.7 Å². The van der Waals surface area contributed by atoms with E-state index in [-0.39, 0.29) is 0 Å². The minimum absolute atomic E-state index is 0.632. The third-order valence-corrected chi connectivity index (χ3v) is 3.99. The molecule has 2 nitrogen and oxygen atoms in total. The van der Waals surface area contributed by atoms with Crippen LogP contribution in [0.5, 0.6) is 5.75 Å². The summed E-state index contributed by atoms with van der Waals surface area (Å²) in [6.45, 7) is 5.84. The van der Waals surface area contributed by atoms with Gasteiger partial charge in [0.1, 0.15) is 12.4 Å². The van der Waals surface area contributed by atoms with Crippen LogP contribution >= 0.6 is 0 Å². The van der Waals surface area contributed by atoms with E-state index in [2.05, 4.69) is 61.6 Å². The Labute approximate surface area is 127 Å². The molecule has 0 atom stereocenters. The molecule has 1 fully saturated rings. The van der Waals surface area contributed by atoms with Crippen molar-refractivity contribution >= 4 is 0 Å². The second kappa shape index (κ2) is 6.31. The van der Waals surface area contributed by atoms with Gasteiger partial charge in [-0.05, 0) is 55.5 Å². The lowest BCUT2D eigenvalue weighted by Crippen LogP contribution is -2.15. The average Bonchev–Trinajstić information content (AvgIpc) is 3.31. The minimum Gasteiger partial charge on any atom is -0.489 e. The van der Waals surface area contributed by atoms with Crippen LogP contribution in [0, 0.1) is 13.8 Å². The molecule has 0 spiro atoms. The van der Waals surface area contributed by atoms with Crippen LogP contribution in [-0.2, 0) is 13.2 Å². The first-order valence-corrected chi connectivity index (χ1v) is 7.72. The highest BCUT2D eigenvalue weighted by molar-refractivity contribution is 5.31. The van der Waals surface area contributed by atoms with Gasteiger partial charge in [-0.3, -0.25) is 0 Å². The topological polar surface area (TPSA) is 21.3 Å². The van der Waals surface area contributed by atoms with Crippen LogP contribution in [0.25, 0.3) is 0 Å². The molecule has 21 heavy (non-hydrogen) atoms. The second-order valence-corrected chi connectivity index (χ2v) is 6.02. The molecule has 0 heterocycles. The van der Waals surface area contributed by atoms with Gasteiger partial charge in [0.15, 0.2) is 0 Å². The van der Waals surface area contributed by atoms with Crippen LogP contribution in [0.2, 0.25) is 0 Å². The van der Waals surface area contributed by atoms with E-state index < -0.39 is 0 Å². The van der Waals surface area contributed by atoms with Gasteiger partial charge in [0.2, 0.25) is 0 Å². The van der Waals surface area contributed by atoms with Crippen LogP contribution in [0.3, 0.4) is 0 Å². The summed E-state index contributed by atoms with van der Waals surface area (Å²) in [5, 5.41) is 3.52. The lowest BCUT2D eigenvalue weighted by atomic mass is 10.1. The van der Waals surface area contributed by atoms with E-state index in [0.29, 0.717) is 6.61 Å². The van der Waals surface area contributed by atoms with E-state index in [1.807, 2.05) is 0 Å². The van der Waals surface area contributed by atoms with Gasteiger partial charge in [-0.2, -0.15) is 0 Å². The average molecular weight is 281 g/mol. The van der Waals surface area contributed by atoms with Crippen molar-refractivity contribution in [2.75, 3.05) is 0 Å². The van der Waals surface area contributed by atoms with Crippen molar-refractivity contribution in [2.45, 2.75) is 45.9 Å². The smallest absolute Gasteiger partial charge is 0.119 e. The van der Waals surface area contributed by atoms with Crippen molar-refractivity contribution in [3.8, 4) is 5.75 Å². The Balaban J connectivity index is 1.55. The van der Waals surface area contributed by atoms with Crippen molar-refractivity contribution in [2.24, 2.45) is 0 Å². The number of benzene rings is 2. The fourth-order valence-corrected chi connectivity index (χ4v) is 2.37. The molecule has 1 aliphatic rings. The highest BCUT2D eigenvalue weighted by Gasteiger charge is 2.19. The van der Waals surface area contributed by atoms with E-state index >= 15 is 0 Å². The van der Waals surface area contributed by atoms with E-state index in [0.717, 1.165) is 18.3 Å². The zero-order valence-electron chi connectivity index (χ0n) is 12.9. The summed E-state index contributed by atoms with van der Waals surface area (Å²) in [7, 11) is 0. The Bertz CT molecular complexity index is 599. The maximum absolute atomic E-state index is 5.90. The summed E-state index contributed by atoms with van der Waals surface area (Å²) >= 11 is 0. The summed E-state index contributed by atoms with van der Waals surface area (Å²) in [5.41, 5.74) is 5.14. The Hall–Kier alpha value is -1.80. The zero-order valence-corrected chi connectivity index (χ0v) is 12.9. The first kappa shape index (κ1) is 14.2. The maximum Gasteiger partial charge on any atom is 0.119 e. The zero-order chi connectivity index (χ0) is 14.7. The number of ether oxygens (including phenoxy) is 1. The van der Waals surface area contributed by atoms with Crippen molar-refractivity contribution in [1.82, 2.24) is 5.32 Å². The minimum atomic E-state index is 0.632. The largest absolute Gasteiger partial charge is 0.489 e. The lowest BCUT2D eigenvalue weighted by Gasteiger charge is -2.10. The molecule has 1 aliphatic carbocycles. The molecule has 0 aliphatic heterocycles. The van der Waals surface area contributed by atoms with Crippen molar-refractivity contribution < 1.29 is 4.74 Å². The SMILES string of the molecule is Cc1ccc(C)c(COc2ccc(CNC3CC3)cc2)c1. The lowest BCUT2D eigenvalue weighted by molar-refractivity contribution is 0.305. The fraction of sp³-hybridized carbons (Fsp3) is 0.368. The Morgan fingerprint density at radius 2 is 1.81 bits per heavy atom. The van der Waals surface area contributed by atoms with Gasteiger partial charge in [-0.25, -0.2) is 0 Å². The van der Waals surface area contributed by atoms with Crippen LogP contribution < -0.4 is 10.1 Å². The molecule has 0 radical (unpaired) electrons. The first-order valence-electron chi connectivity index (χ1n) is 7.72. The van der Waals surface area contributed by atoms with Crippen LogP contribution in [0.4, 0.5) is 0 Å². The first-order chi connectivity index (χ1) is 10.2. The van der Waals surface area contributed by atoms with E-state index in [1.165, 1.54) is 35.1 Å². The quantitative estimate of drug-likeness (QED) is 0.859. The standard InChI is InChI=1S/C19H23NO/c1-14-3-4-15(2)17(11-14)13-21-19-9-5-16(6-10-19)12-20-18-7-8-18/h3-6,9-11,18,20H,7-8,12-13H2,1-2H3. The summed E-state index contributed by atoms with van der Waals surface area (Å²) < 4.78 is 5.90. The number of hydrogen-bond donors (Lipinski definition) is 1. The third-order valence-electron chi connectivity index (χ3n) is 3.99. The normalized spacial score (nSPS) is 14.2. The molecule has 1 N–H and O–H groups in total. The molecule has 0 bridgehead atoms. The van der Waals surface area contributed by atoms with Crippen molar-refractivity contribution in [3.63, 3.8) is 0 Å². The molecule has 2 heteroatoms. The van der Waals surface area contributed by atoms with Gasteiger partial charge >= 0.3 is 0 Å². The van der Waals surface area contributed by atoms with Gasteiger partial charge in [0.05, 0.1) is 0 Å². The summed E-state index contributed by atoms with van der Waals surface area (Å²) in [6, 6.07) is 15.7. The van der Waals surface area contributed by atoms with Crippen molar-refractivity contribution in [1.29, 1.82) is 0 Å². The van der Waals surface area contributed by atoms with Gasteiger partial charge in [0.25, 0.3) is 0 Å². The number of aryl methyl sites for hydroxylation is 2. The van der Waals surface area contributed by atoms with E-state index in [1.54, 1.807) is 0 Å². The third kappa shape index (κ3) is 4.08. The fourth-order valence-electron chi connectivity index (χ4n) is 2.37. The molecule has 0 unspecified atom stereocenters. The summed E-state index contributed by atoms with van der Waals surface area (Å²) in [4.78, 5) is 0. The van der Waals surface area contributed by atoms with Gasteiger partial charge in [-0.15, -0.1) is 0 Å². The molecule has 0 amide bonds. The molecule has 2 aromatic rings. The monoisotopic (exact) mass is 281 g/mol. The molecular formula is C19H23NO. The Morgan fingerprint density at radius 3 is 2.52 bits per heavy atom. The van der Waals surface area contributed by atoms with E-state index in [4.69, 9.17) is 4.74 Å². The maximum atomic E-state index is 5.90. The van der Waals surface area contributed by atoms with Gasteiger partial charge in [0, 0.05) is 12.6 Å². The molecule has 1 saturated carbocycles. The van der Waals surface area contributed by atoms with Gasteiger partial charge in [-0.1, -0.05) is 35.9 Å².